The molecule has 0 spiro atoms. The number of nitrogens with one attached hydrogen (secondary N) is 1. The summed E-state index contributed by atoms with van der Waals surface area (Å²) in [6.07, 6.45) is 7.01. The Morgan fingerprint density at radius 2 is 1.91 bits per heavy atom. The fraction of sp³-hybridized carbons (Fsp3) is 0.706. The summed E-state index contributed by atoms with van der Waals surface area (Å²) in [7, 11) is 0. The van der Waals surface area contributed by atoms with E-state index < -0.39 is 0 Å². The molecule has 2 heterocycles. The lowest BCUT2D eigenvalue weighted by molar-refractivity contribution is 0.0944. The molecule has 6 nitrogen and oxygen atoms in total. The molecule has 0 radical (unpaired) electrons. The van der Waals surface area contributed by atoms with Gasteiger partial charge in [-0.25, -0.2) is 4.68 Å². The molecule has 0 aromatic carbocycles. The molecule has 128 valence electrons. The van der Waals surface area contributed by atoms with Crippen LogP contribution in [0.3, 0.4) is 0 Å². The highest BCUT2D eigenvalue weighted by Crippen LogP contribution is 2.09. The van der Waals surface area contributed by atoms with Crippen molar-refractivity contribution in [2.24, 2.45) is 0 Å². The van der Waals surface area contributed by atoms with Crippen LogP contribution in [0.5, 0.6) is 0 Å². The van der Waals surface area contributed by atoms with Gasteiger partial charge in [0.05, 0.1) is 0 Å². The normalized spacial score (nSPS) is 16.0. The maximum atomic E-state index is 12.1. The summed E-state index contributed by atoms with van der Waals surface area (Å²) in [5, 5.41) is 7.02. The third-order valence-electron chi connectivity index (χ3n) is 4.17. The monoisotopic (exact) mass is 320 g/mol. The highest BCUT2D eigenvalue weighted by molar-refractivity contribution is 5.91. The van der Waals surface area contributed by atoms with Gasteiger partial charge in [0.2, 0.25) is 0 Å². The van der Waals surface area contributed by atoms with Crippen molar-refractivity contribution < 1.29 is 4.79 Å². The molecular formula is C17H28N4O2. The first kappa shape index (κ1) is 17.7. The zero-order chi connectivity index (χ0) is 16.5. The number of carbonyl (C=O) groups is 1. The van der Waals surface area contributed by atoms with Gasteiger partial charge in [0.15, 0.2) is 0 Å². The van der Waals surface area contributed by atoms with Crippen LogP contribution in [0.4, 0.5) is 0 Å². The molecule has 1 aliphatic rings. The molecule has 1 aromatic heterocycles. The van der Waals surface area contributed by atoms with Gasteiger partial charge < -0.3 is 10.2 Å². The number of nitrogens with zero attached hydrogens (tertiary/aromatic N) is 3. The van der Waals surface area contributed by atoms with E-state index in [0.717, 1.165) is 19.4 Å². The topological polar surface area (TPSA) is 67.2 Å². The highest BCUT2D eigenvalue weighted by Gasteiger charge is 2.11. The third-order valence-corrected chi connectivity index (χ3v) is 4.17. The number of amides is 1. The zero-order valence-corrected chi connectivity index (χ0v) is 14.1. The van der Waals surface area contributed by atoms with Gasteiger partial charge in [-0.2, -0.15) is 5.10 Å². The number of carbonyl (C=O) groups excluding carboxylic acids is 1. The molecule has 23 heavy (non-hydrogen) atoms. The first-order chi connectivity index (χ1) is 11.2. The van der Waals surface area contributed by atoms with Crippen LogP contribution in [0.2, 0.25) is 0 Å². The molecular weight excluding hydrogens is 292 g/mol. The molecule has 0 atom stereocenters. The van der Waals surface area contributed by atoms with E-state index >= 15 is 0 Å². The first-order valence-electron chi connectivity index (χ1n) is 8.79. The molecule has 1 amide bonds. The van der Waals surface area contributed by atoms with Crippen LogP contribution in [-0.2, 0) is 6.54 Å². The second-order valence-electron chi connectivity index (χ2n) is 6.15. The van der Waals surface area contributed by atoms with E-state index in [0.29, 0.717) is 18.8 Å². The van der Waals surface area contributed by atoms with Crippen LogP contribution in [0.25, 0.3) is 0 Å². The Balaban J connectivity index is 1.76. The molecule has 6 heteroatoms. The van der Waals surface area contributed by atoms with Gasteiger partial charge in [-0.05, 0) is 51.4 Å². The average molecular weight is 320 g/mol. The Bertz CT molecular complexity index is 548. The summed E-state index contributed by atoms with van der Waals surface area (Å²) in [6.45, 7) is 6.54. The van der Waals surface area contributed by atoms with Gasteiger partial charge in [-0.1, -0.05) is 19.8 Å². The van der Waals surface area contributed by atoms with E-state index in [4.69, 9.17) is 0 Å². The summed E-state index contributed by atoms with van der Waals surface area (Å²) in [5.41, 5.74) is 0.150. The second-order valence-corrected chi connectivity index (χ2v) is 6.15. The van der Waals surface area contributed by atoms with E-state index in [-0.39, 0.29) is 11.5 Å². The largest absolute Gasteiger partial charge is 0.351 e. The van der Waals surface area contributed by atoms with Crippen molar-refractivity contribution >= 4 is 5.91 Å². The number of hydrogen-bond donors (Lipinski definition) is 1. The predicted molar refractivity (Wildman–Crippen MR) is 90.6 cm³/mol. The molecule has 0 saturated carbocycles. The van der Waals surface area contributed by atoms with Crippen molar-refractivity contribution in [1.29, 1.82) is 0 Å². The van der Waals surface area contributed by atoms with E-state index in [1.165, 1.54) is 55.6 Å². The minimum absolute atomic E-state index is 0.162. The lowest BCUT2D eigenvalue weighted by atomic mass is 10.2. The SMILES string of the molecule is CCCn1nc(C(=O)NCCCN2CCCCCC2)ccc1=O. The summed E-state index contributed by atoms with van der Waals surface area (Å²) < 4.78 is 1.35. The van der Waals surface area contributed by atoms with Crippen molar-refractivity contribution in [2.45, 2.75) is 52.0 Å². The molecule has 1 fully saturated rings. The number of likely N-dealkylation sites (tertiary alicyclic amines) is 1. The summed E-state index contributed by atoms with van der Waals surface area (Å²) in [6, 6.07) is 2.91. The Labute approximate surface area is 137 Å². The minimum Gasteiger partial charge on any atom is -0.351 e. The lowest BCUT2D eigenvalue weighted by Gasteiger charge is -2.19. The van der Waals surface area contributed by atoms with Gasteiger partial charge in [0, 0.05) is 19.2 Å². The second kappa shape index (κ2) is 9.45. The maximum Gasteiger partial charge on any atom is 0.271 e. The molecule has 0 unspecified atom stereocenters. The van der Waals surface area contributed by atoms with Crippen molar-refractivity contribution in [3.63, 3.8) is 0 Å². The van der Waals surface area contributed by atoms with Crippen LogP contribution in [0.15, 0.2) is 16.9 Å². The Morgan fingerprint density at radius 1 is 1.17 bits per heavy atom. The predicted octanol–water partition coefficient (Wildman–Crippen LogP) is 1.65. The number of aryl methyl sites for hydroxylation is 1. The molecule has 1 aliphatic heterocycles. The Kier molecular flexibility index (Phi) is 7.26. The zero-order valence-electron chi connectivity index (χ0n) is 14.1. The van der Waals surface area contributed by atoms with Gasteiger partial charge in [0.25, 0.3) is 11.5 Å². The summed E-state index contributed by atoms with van der Waals surface area (Å²) >= 11 is 0. The van der Waals surface area contributed by atoms with Gasteiger partial charge in [-0.15, -0.1) is 0 Å². The van der Waals surface area contributed by atoms with E-state index in [2.05, 4.69) is 15.3 Å². The third kappa shape index (κ3) is 5.78. The van der Waals surface area contributed by atoms with Crippen molar-refractivity contribution in [1.82, 2.24) is 20.0 Å². The first-order valence-corrected chi connectivity index (χ1v) is 8.79. The molecule has 1 aromatic rings. The van der Waals surface area contributed by atoms with Crippen molar-refractivity contribution in [2.75, 3.05) is 26.2 Å². The lowest BCUT2D eigenvalue weighted by Crippen LogP contribution is -2.32. The van der Waals surface area contributed by atoms with Gasteiger partial charge in [-0.3, -0.25) is 9.59 Å². The fourth-order valence-corrected chi connectivity index (χ4v) is 2.90. The van der Waals surface area contributed by atoms with E-state index in [9.17, 15) is 9.59 Å². The van der Waals surface area contributed by atoms with Gasteiger partial charge >= 0.3 is 0 Å². The number of aromatic nitrogens is 2. The van der Waals surface area contributed by atoms with Crippen LogP contribution in [-0.4, -0.2) is 46.8 Å². The van der Waals surface area contributed by atoms with Crippen LogP contribution in [0.1, 0.15) is 55.9 Å². The van der Waals surface area contributed by atoms with E-state index in [1.54, 1.807) is 0 Å². The summed E-state index contributed by atoms with van der Waals surface area (Å²) in [5.74, 6) is -0.203. The molecule has 0 bridgehead atoms. The average Bonchev–Trinajstić information content (AvgIpc) is 2.82. The van der Waals surface area contributed by atoms with Crippen LogP contribution >= 0.6 is 0 Å². The smallest absolute Gasteiger partial charge is 0.271 e. The Morgan fingerprint density at radius 3 is 2.61 bits per heavy atom. The molecule has 1 saturated heterocycles. The fourth-order valence-electron chi connectivity index (χ4n) is 2.90. The number of rotatable bonds is 7. The quantitative estimate of drug-likeness (QED) is 0.776. The van der Waals surface area contributed by atoms with Crippen molar-refractivity contribution in [3.05, 3.63) is 28.2 Å². The maximum absolute atomic E-state index is 12.1. The Hall–Kier alpha value is -1.69. The van der Waals surface area contributed by atoms with Crippen molar-refractivity contribution in [3.8, 4) is 0 Å². The minimum atomic E-state index is -0.203. The van der Waals surface area contributed by atoms with Crippen LogP contribution < -0.4 is 10.9 Å². The van der Waals surface area contributed by atoms with Crippen LogP contribution in [0, 0.1) is 0 Å². The molecule has 2 rings (SSSR count). The van der Waals surface area contributed by atoms with Gasteiger partial charge in [0.1, 0.15) is 5.69 Å². The standard InChI is InChI=1S/C17H28N4O2/c1-2-11-21-16(22)9-8-15(19-21)17(23)18-10-7-14-20-12-5-3-4-6-13-20/h8-9H,2-7,10-14H2,1H3,(H,18,23). The summed E-state index contributed by atoms with van der Waals surface area (Å²) in [4.78, 5) is 26.2. The molecule has 0 aliphatic carbocycles. The van der Waals surface area contributed by atoms with E-state index in [1.807, 2.05) is 6.92 Å². The number of hydrogen-bond acceptors (Lipinski definition) is 4. The highest BCUT2D eigenvalue weighted by atomic mass is 16.2. The molecule has 1 N–H and O–H groups in total.